The van der Waals surface area contributed by atoms with Gasteiger partial charge in [0.25, 0.3) is 0 Å². The summed E-state index contributed by atoms with van der Waals surface area (Å²) in [5.74, 6) is 5.09. The first kappa shape index (κ1) is 12.1. The van der Waals surface area contributed by atoms with E-state index in [9.17, 15) is 4.79 Å². The van der Waals surface area contributed by atoms with Gasteiger partial charge in [0.2, 0.25) is 0 Å². The fourth-order valence-electron chi connectivity index (χ4n) is 1.02. The maximum absolute atomic E-state index is 10.6. The summed E-state index contributed by atoms with van der Waals surface area (Å²) >= 11 is 5.75. The molecule has 86 valence electrons. The highest BCUT2D eigenvalue weighted by Crippen LogP contribution is 2.25. The van der Waals surface area contributed by atoms with E-state index in [-0.39, 0.29) is 16.5 Å². The van der Waals surface area contributed by atoms with Gasteiger partial charge in [-0.25, -0.2) is 15.6 Å². The van der Waals surface area contributed by atoms with Crippen LogP contribution in [0.15, 0.2) is 23.4 Å². The SMILES string of the molecule is N/C(=N\O)c1ccc(Cl)c(N(N)C(=O)O)c1. The zero-order valence-corrected chi connectivity index (χ0v) is 8.72. The quantitative estimate of drug-likeness (QED) is 0.153. The van der Waals surface area contributed by atoms with Gasteiger partial charge in [0.15, 0.2) is 5.84 Å². The third-order valence-electron chi connectivity index (χ3n) is 1.82. The molecule has 0 spiro atoms. The molecule has 0 unspecified atom stereocenters. The van der Waals surface area contributed by atoms with Gasteiger partial charge in [-0.05, 0) is 18.2 Å². The summed E-state index contributed by atoms with van der Waals surface area (Å²) in [6, 6.07) is 4.16. The molecule has 0 bridgehead atoms. The highest BCUT2D eigenvalue weighted by Gasteiger charge is 2.14. The van der Waals surface area contributed by atoms with E-state index in [1.165, 1.54) is 18.2 Å². The Balaban J connectivity index is 3.24. The number of anilines is 1. The van der Waals surface area contributed by atoms with Crippen molar-refractivity contribution in [2.45, 2.75) is 0 Å². The van der Waals surface area contributed by atoms with Crippen LogP contribution in [0.1, 0.15) is 5.56 Å². The third kappa shape index (κ3) is 2.33. The highest BCUT2D eigenvalue weighted by molar-refractivity contribution is 6.33. The number of hydrogen-bond donors (Lipinski definition) is 4. The molecule has 1 rings (SSSR count). The maximum atomic E-state index is 10.6. The molecule has 0 aliphatic carbocycles. The number of nitrogens with two attached hydrogens (primary N) is 2. The van der Waals surface area contributed by atoms with Crippen LogP contribution in [0.4, 0.5) is 10.5 Å². The molecule has 0 aromatic heterocycles. The lowest BCUT2D eigenvalue weighted by Crippen LogP contribution is -2.36. The first-order chi connectivity index (χ1) is 7.47. The molecule has 7 nitrogen and oxygen atoms in total. The van der Waals surface area contributed by atoms with Gasteiger partial charge < -0.3 is 16.0 Å². The molecule has 0 saturated heterocycles. The van der Waals surface area contributed by atoms with Gasteiger partial charge >= 0.3 is 6.09 Å². The zero-order valence-electron chi connectivity index (χ0n) is 7.96. The molecule has 1 aromatic carbocycles. The van der Waals surface area contributed by atoms with Gasteiger partial charge in [0.05, 0.1) is 10.7 Å². The van der Waals surface area contributed by atoms with Crippen LogP contribution in [0, 0.1) is 0 Å². The summed E-state index contributed by atoms with van der Waals surface area (Å²) in [5.41, 5.74) is 5.68. The van der Waals surface area contributed by atoms with E-state index in [0.717, 1.165) is 0 Å². The topological polar surface area (TPSA) is 125 Å². The van der Waals surface area contributed by atoms with Crippen LogP contribution in [-0.4, -0.2) is 22.2 Å². The molecular weight excluding hydrogens is 236 g/mol. The molecule has 0 heterocycles. The first-order valence-corrected chi connectivity index (χ1v) is 4.40. The number of amides is 1. The highest BCUT2D eigenvalue weighted by atomic mass is 35.5. The molecule has 8 heteroatoms. The van der Waals surface area contributed by atoms with Gasteiger partial charge in [-0.1, -0.05) is 16.8 Å². The predicted molar refractivity (Wildman–Crippen MR) is 58.7 cm³/mol. The second-order valence-electron chi connectivity index (χ2n) is 2.80. The van der Waals surface area contributed by atoms with Gasteiger partial charge in [-0.2, -0.15) is 0 Å². The fourth-order valence-corrected chi connectivity index (χ4v) is 1.23. The normalized spacial score (nSPS) is 11.2. The maximum Gasteiger partial charge on any atom is 0.426 e. The molecule has 0 atom stereocenters. The summed E-state index contributed by atoms with van der Waals surface area (Å²) in [6.45, 7) is 0. The van der Waals surface area contributed by atoms with Crippen molar-refractivity contribution < 1.29 is 15.1 Å². The Kier molecular flexibility index (Phi) is 3.54. The van der Waals surface area contributed by atoms with Crippen LogP contribution in [-0.2, 0) is 0 Å². The summed E-state index contributed by atoms with van der Waals surface area (Å²) in [7, 11) is 0. The van der Waals surface area contributed by atoms with Crippen molar-refractivity contribution in [1.29, 1.82) is 0 Å². The van der Waals surface area contributed by atoms with Crippen LogP contribution >= 0.6 is 11.6 Å². The number of carbonyl (C=O) groups is 1. The molecule has 1 aromatic rings. The third-order valence-corrected chi connectivity index (χ3v) is 2.13. The Morgan fingerprint density at radius 3 is 2.62 bits per heavy atom. The Morgan fingerprint density at radius 2 is 2.12 bits per heavy atom. The minimum atomic E-state index is -1.38. The molecule has 0 fully saturated rings. The average Bonchev–Trinajstić information content (AvgIpc) is 2.27. The summed E-state index contributed by atoms with van der Waals surface area (Å²) in [6.07, 6.45) is -1.38. The monoisotopic (exact) mass is 244 g/mol. The smallest absolute Gasteiger partial charge is 0.426 e. The summed E-state index contributed by atoms with van der Waals surface area (Å²) in [4.78, 5) is 10.6. The van der Waals surface area contributed by atoms with Crippen molar-refractivity contribution in [2.75, 3.05) is 5.01 Å². The molecular formula is C8H9ClN4O3. The van der Waals surface area contributed by atoms with E-state index >= 15 is 0 Å². The number of rotatable bonds is 2. The van der Waals surface area contributed by atoms with Crippen LogP contribution in [0.25, 0.3) is 0 Å². The largest absolute Gasteiger partial charge is 0.464 e. The molecule has 0 aliphatic heterocycles. The second kappa shape index (κ2) is 4.69. The number of carboxylic acid groups (broad SMARTS) is 1. The molecule has 0 saturated carbocycles. The van der Waals surface area contributed by atoms with Crippen LogP contribution in [0.2, 0.25) is 5.02 Å². The number of nitrogens with zero attached hydrogens (tertiary/aromatic N) is 2. The van der Waals surface area contributed by atoms with E-state index in [1.54, 1.807) is 0 Å². The Bertz CT molecular complexity index is 449. The van der Waals surface area contributed by atoms with Gasteiger partial charge in [-0.15, -0.1) is 0 Å². The number of halogens is 1. The molecule has 16 heavy (non-hydrogen) atoms. The molecule has 1 amide bonds. The van der Waals surface area contributed by atoms with Gasteiger partial charge in [0, 0.05) is 5.56 Å². The Hall–Kier alpha value is -1.99. The zero-order chi connectivity index (χ0) is 12.3. The van der Waals surface area contributed by atoms with E-state index < -0.39 is 6.09 Å². The molecule has 0 radical (unpaired) electrons. The minimum absolute atomic E-state index is 0.0401. The van der Waals surface area contributed by atoms with Crippen molar-refractivity contribution in [2.24, 2.45) is 16.7 Å². The Labute approximate surface area is 95.5 Å². The fraction of sp³-hybridized carbons (Fsp3) is 0. The van der Waals surface area contributed by atoms with Gasteiger partial charge in [-0.3, -0.25) is 0 Å². The van der Waals surface area contributed by atoms with Crippen LogP contribution in [0.3, 0.4) is 0 Å². The lowest BCUT2D eigenvalue weighted by atomic mass is 10.2. The molecule has 6 N–H and O–H groups in total. The average molecular weight is 245 g/mol. The van der Waals surface area contributed by atoms with Crippen LogP contribution in [0.5, 0.6) is 0 Å². The lowest BCUT2D eigenvalue weighted by Gasteiger charge is -2.14. The van der Waals surface area contributed by atoms with E-state index in [1.807, 2.05) is 0 Å². The first-order valence-electron chi connectivity index (χ1n) is 4.02. The van der Waals surface area contributed by atoms with Crippen molar-refractivity contribution in [3.63, 3.8) is 0 Å². The number of benzene rings is 1. The lowest BCUT2D eigenvalue weighted by molar-refractivity contribution is 0.202. The van der Waals surface area contributed by atoms with Crippen molar-refractivity contribution >= 4 is 29.2 Å². The molecule has 0 aliphatic rings. The standard InChI is InChI=1S/C8H9ClN4O3/c9-5-2-1-4(7(10)12-16)3-6(5)13(11)8(14)15/h1-3,16H,11H2,(H2,10,12)(H,14,15). The van der Waals surface area contributed by atoms with Crippen molar-refractivity contribution in [3.05, 3.63) is 28.8 Å². The number of amidine groups is 1. The van der Waals surface area contributed by atoms with Gasteiger partial charge in [0.1, 0.15) is 0 Å². The Morgan fingerprint density at radius 1 is 1.50 bits per heavy atom. The van der Waals surface area contributed by atoms with E-state index in [4.69, 9.17) is 33.5 Å². The summed E-state index contributed by atoms with van der Waals surface area (Å²) < 4.78 is 0. The second-order valence-corrected chi connectivity index (χ2v) is 3.21. The van der Waals surface area contributed by atoms with E-state index in [0.29, 0.717) is 10.6 Å². The predicted octanol–water partition coefficient (Wildman–Crippen LogP) is 0.793. The number of hydrazine groups is 1. The number of oxime groups is 1. The minimum Gasteiger partial charge on any atom is -0.464 e. The van der Waals surface area contributed by atoms with Crippen LogP contribution < -0.4 is 16.6 Å². The summed E-state index contributed by atoms with van der Waals surface area (Å²) in [5, 5.41) is 20.5. The van der Waals surface area contributed by atoms with E-state index in [2.05, 4.69) is 5.16 Å². The van der Waals surface area contributed by atoms with Crippen molar-refractivity contribution in [3.8, 4) is 0 Å². The van der Waals surface area contributed by atoms with Crippen molar-refractivity contribution in [1.82, 2.24) is 0 Å². The number of hydrogen-bond acceptors (Lipinski definition) is 4.